The predicted octanol–water partition coefficient (Wildman–Crippen LogP) is 2.29. The molecular formula is C11H25NO. The first kappa shape index (κ1) is 12.9. The predicted molar refractivity (Wildman–Crippen MR) is 58.0 cm³/mol. The fraction of sp³-hybridized carbons (Fsp3) is 1.00. The molecule has 0 aromatic rings. The molecular weight excluding hydrogens is 162 g/mol. The summed E-state index contributed by atoms with van der Waals surface area (Å²) < 4.78 is 5.06. The van der Waals surface area contributed by atoms with Crippen LogP contribution >= 0.6 is 0 Å². The van der Waals surface area contributed by atoms with E-state index >= 15 is 0 Å². The second-order valence-corrected chi connectivity index (χ2v) is 5.03. The molecule has 13 heavy (non-hydrogen) atoms. The van der Waals surface area contributed by atoms with Crippen molar-refractivity contribution in [3.63, 3.8) is 0 Å². The minimum Gasteiger partial charge on any atom is -0.383 e. The maximum atomic E-state index is 5.06. The van der Waals surface area contributed by atoms with Gasteiger partial charge < -0.3 is 10.1 Å². The van der Waals surface area contributed by atoms with Gasteiger partial charge in [0, 0.05) is 13.2 Å². The Hall–Kier alpha value is -0.0800. The molecule has 2 unspecified atom stereocenters. The monoisotopic (exact) mass is 187 g/mol. The Morgan fingerprint density at radius 2 is 1.77 bits per heavy atom. The summed E-state index contributed by atoms with van der Waals surface area (Å²) in [6.45, 7) is 13.1. The first-order chi connectivity index (χ1) is 5.88. The van der Waals surface area contributed by atoms with Crippen LogP contribution in [0.1, 0.15) is 34.6 Å². The molecule has 0 aromatic heterocycles. The van der Waals surface area contributed by atoms with Crippen molar-refractivity contribution in [2.45, 2.75) is 40.7 Å². The summed E-state index contributed by atoms with van der Waals surface area (Å²) in [7, 11) is 1.74. The van der Waals surface area contributed by atoms with Crippen molar-refractivity contribution in [2.24, 2.45) is 11.3 Å². The molecule has 80 valence electrons. The molecule has 2 nitrogen and oxygen atoms in total. The second kappa shape index (κ2) is 5.61. The largest absolute Gasteiger partial charge is 0.383 e. The van der Waals surface area contributed by atoms with Crippen molar-refractivity contribution in [1.29, 1.82) is 0 Å². The molecule has 2 atom stereocenters. The Balaban J connectivity index is 3.63. The van der Waals surface area contributed by atoms with Crippen molar-refractivity contribution in [1.82, 2.24) is 5.32 Å². The van der Waals surface area contributed by atoms with Crippen LogP contribution in [0.4, 0.5) is 0 Å². The third-order valence-electron chi connectivity index (χ3n) is 2.67. The summed E-state index contributed by atoms with van der Waals surface area (Å²) in [5.74, 6) is 0.687. The molecule has 0 aliphatic rings. The fourth-order valence-corrected chi connectivity index (χ4v) is 0.993. The number of hydrogen-bond acceptors (Lipinski definition) is 2. The van der Waals surface area contributed by atoms with Gasteiger partial charge in [0.1, 0.15) is 0 Å². The van der Waals surface area contributed by atoms with E-state index in [1.807, 2.05) is 0 Å². The van der Waals surface area contributed by atoms with E-state index in [0.717, 1.165) is 13.2 Å². The van der Waals surface area contributed by atoms with Gasteiger partial charge >= 0.3 is 0 Å². The van der Waals surface area contributed by atoms with Crippen LogP contribution in [0.5, 0.6) is 0 Å². The van der Waals surface area contributed by atoms with Crippen molar-refractivity contribution in [3.05, 3.63) is 0 Å². The van der Waals surface area contributed by atoms with Gasteiger partial charge in [-0.25, -0.2) is 0 Å². The number of methoxy groups -OCH3 is 1. The number of hydrogen-bond donors (Lipinski definition) is 1. The molecule has 0 saturated carbocycles. The molecule has 2 heteroatoms. The molecule has 0 aromatic carbocycles. The van der Waals surface area contributed by atoms with Crippen LogP contribution in [0.2, 0.25) is 0 Å². The van der Waals surface area contributed by atoms with E-state index < -0.39 is 0 Å². The number of nitrogens with one attached hydrogen (secondary N) is 1. The van der Waals surface area contributed by atoms with Crippen molar-refractivity contribution >= 4 is 0 Å². The van der Waals surface area contributed by atoms with Gasteiger partial charge in [-0.1, -0.05) is 27.7 Å². The molecule has 0 heterocycles. The summed E-state index contributed by atoms with van der Waals surface area (Å²) in [6.07, 6.45) is 0. The van der Waals surface area contributed by atoms with Gasteiger partial charge in [-0.15, -0.1) is 0 Å². The number of rotatable bonds is 5. The molecule has 0 amide bonds. The Morgan fingerprint density at radius 3 is 2.15 bits per heavy atom. The highest BCUT2D eigenvalue weighted by Gasteiger charge is 2.19. The van der Waals surface area contributed by atoms with Gasteiger partial charge in [-0.3, -0.25) is 0 Å². The van der Waals surface area contributed by atoms with Gasteiger partial charge in [-0.2, -0.15) is 0 Å². The number of ether oxygens (including phenoxy) is 1. The third kappa shape index (κ3) is 6.05. The van der Waals surface area contributed by atoms with E-state index in [4.69, 9.17) is 4.74 Å². The third-order valence-corrected chi connectivity index (χ3v) is 2.67. The summed E-state index contributed by atoms with van der Waals surface area (Å²) >= 11 is 0. The first-order valence-electron chi connectivity index (χ1n) is 5.10. The Morgan fingerprint density at radius 1 is 1.23 bits per heavy atom. The summed E-state index contributed by atoms with van der Waals surface area (Å²) in [4.78, 5) is 0. The Kier molecular flexibility index (Phi) is 5.57. The lowest BCUT2D eigenvalue weighted by atomic mass is 9.82. The molecule has 0 fully saturated rings. The molecule has 0 aliphatic heterocycles. The zero-order chi connectivity index (χ0) is 10.5. The summed E-state index contributed by atoms with van der Waals surface area (Å²) in [5.41, 5.74) is 0.389. The van der Waals surface area contributed by atoms with Crippen LogP contribution in [0.15, 0.2) is 0 Å². The van der Waals surface area contributed by atoms with Crippen LogP contribution in [-0.4, -0.2) is 26.3 Å². The van der Waals surface area contributed by atoms with E-state index in [9.17, 15) is 0 Å². The molecule has 0 radical (unpaired) electrons. The van der Waals surface area contributed by atoms with Crippen LogP contribution in [0.25, 0.3) is 0 Å². The lowest BCUT2D eigenvalue weighted by Crippen LogP contribution is -2.37. The smallest absolute Gasteiger partial charge is 0.0613 e. The lowest BCUT2D eigenvalue weighted by Gasteiger charge is -2.28. The van der Waals surface area contributed by atoms with Gasteiger partial charge in [0.15, 0.2) is 0 Å². The maximum absolute atomic E-state index is 5.06. The summed E-state index contributed by atoms with van der Waals surface area (Å²) in [6, 6.07) is 0.454. The Bertz CT molecular complexity index is 129. The van der Waals surface area contributed by atoms with Gasteiger partial charge in [0.05, 0.1) is 6.61 Å². The van der Waals surface area contributed by atoms with Crippen molar-refractivity contribution in [3.8, 4) is 0 Å². The topological polar surface area (TPSA) is 21.3 Å². The SMILES string of the molecule is COCC(C)NCC(C)C(C)(C)C. The quantitative estimate of drug-likeness (QED) is 0.713. The van der Waals surface area contributed by atoms with Crippen LogP contribution < -0.4 is 5.32 Å². The molecule has 0 spiro atoms. The zero-order valence-electron chi connectivity index (χ0n) is 9.98. The summed E-state index contributed by atoms with van der Waals surface area (Å²) in [5, 5.41) is 3.46. The van der Waals surface area contributed by atoms with E-state index in [-0.39, 0.29) is 0 Å². The molecule has 1 N–H and O–H groups in total. The van der Waals surface area contributed by atoms with E-state index in [1.54, 1.807) is 7.11 Å². The van der Waals surface area contributed by atoms with Crippen LogP contribution in [-0.2, 0) is 4.74 Å². The average molecular weight is 187 g/mol. The van der Waals surface area contributed by atoms with Crippen LogP contribution in [0, 0.1) is 11.3 Å². The minimum absolute atomic E-state index is 0.389. The first-order valence-corrected chi connectivity index (χ1v) is 5.10. The maximum Gasteiger partial charge on any atom is 0.0613 e. The van der Waals surface area contributed by atoms with E-state index in [2.05, 4.69) is 39.9 Å². The zero-order valence-corrected chi connectivity index (χ0v) is 9.98. The average Bonchev–Trinajstić information content (AvgIpc) is 1.99. The molecule has 0 aliphatic carbocycles. The van der Waals surface area contributed by atoms with Crippen molar-refractivity contribution in [2.75, 3.05) is 20.3 Å². The van der Waals surface area contributed by atoms with Gasteiger partial charge in [-0.05, 0) is 24.8 Å². The molecule has 0 saturated heterocycles. The standard InChI is InChI=1S/C11H25NO/c1-9(11(3,4)5)7-12-10(2)8-13-6/h9-10,12H,7-8H2,1-6H3. The molecule has 0 bridgehead atoms. The highest BCUT2D eigenvalue weighted by molar-refractivity contribution is 4.73. The van der Waals surface area contributed by atoms with E-state index in [0.29, 0.717) is 17.4 Å². The normalized spacial score (nSPS) is 17.1. The highest BCUT2D eigenvalue weighted by atomic mass is 16.5. The Labute approximate surface area is 83.1 Å². The highest BCUT2D eigenvalue weighted by Crippen LogP contribution is 2.24. The van der Waals surface area contributed by atoms with Gasteiger partial charge in [0.2, 0.25) is 0 Å². The van der Waals surface area contributed by atoms with Gasteiger partial charge in [0.25, 0.3) is 0 Å². The lowest BCUT2D eigenvalue weighted by molar-refractivity contribution is 0.162. The fourth-order valence-electron chi connectivity index (χ4n) is 0.993. The second-order valence-electron chi connectivity index (χ2n) is 5.03. The van der Waals surface area contributed by atoms with Crippen LogP contribution in [0.3, 0.4) is 0 Å². The van der Waals surface area contributed by atoms with E-state index in [1.165, 1.54) is 0 Å². The minimum atomic E-state index is 0.389. The van der Waals surface area contributed by atoms with Crippen molar-refractivity contribution < 1.29 is 4.74 Å². The molecule has 0 rings (SSSR count).